The Hall–Kier alpha value is -0.256. The lowest BCUT2D eigenvalue weighted by Crippen LogP contribution is -2.48. The van der Waals surface area contributed by atoms with Gasteiger partial charge in [-0.15, -0.1) is 0 Å². The molecule has 0 saturated carbocycles. The molecule has 0 bridgehead atoms. The molecule has 0 rings (SSSR count). The van der Waals surface area contributed by atoms with E-state index in [0.717, 1.165) is 18.9 Å². The van der Waals surface area contributed by atoms with Crippen molar-refractivity contribution in [3.63, 3.8) is 0 Å². The van der Waals surface area contributed by atoms with Crippen molar-refractivity contribution in [2.75, 3.05) is 26.3 Å². The van der Waals surface area contributed by atoms with Crippen molar-refractivity contribution in [3.8, 4) is 0 Å². The Labute approximate surface area is 150 Å². The fraction of sp³-hybridized carbons (Fsp3) is 0.938. The van der Waals surface area contributed by atoms with Crippen molar-refractivity contribution in [3.05, 3.63) is 0 Å². The molecule has 0 amide bonds. The molecule has 8 heteroatoms. The molecule has 0 aliphatic rings. The van der Waals surface area contributed by atoms with Crippen molar-refractivity contribution in [1.29, 1.82) is 0 Å². The summed E-state index contributed by atoms with van der Waals surface area (Å²) in [6.07, 6.45) is 1.88. The van der Waals surface area contributed by atoms with E-state index in [4.69, 9.17) is 17.7 Å². The zero-order valence-corrected chi connectivity index (χ0v) is 18.6. The van der Waals surface area contributed by atoms with Crippen molar-refractivity contribution in [1.82, 2.24) is 5.32 Å². The van der Waals surface area contributed by atoms with Gasteiger partial charge in [-0.1, -0.05) is 6.92 Å². The molecule has 0 aromatic heterocycles. The molecule has 0 fully saturated rings. The number of nitrogens with one attached hydrogen (secondary N) is 1. The molecule has 1 unspecified atom stereocenters. The highest BCUT2D eigenvalue weighted by molar-refractivity contribution is 6.71. The van der Waals surface area contributed by atoms with Gasteiger partial charge in [0.2, 0.25) is 8.32 Å². The summed E-state index contributed by atoms with van der Waals surface area (Å²) in [6.45, 7) is 16.2. The molecule has 0 radical (unpaired) electrons. The summed E-state index contributed by atoms with van der Waals surface area (Å²) in [5, 5.41) is 3.14. The second-order valence-electron chi connectivity index (χ2n) is 6.75. The largest absolute Gasteiger partial charge is 0.519 e. The van der Waals surface area contributed by atoms with Crippen LogP contribution < -0.4 is 5.32 Å². The minimum atomic E-state index is -2.64. The number of hydrogen-bond acceptors (Lipinski definition) is 6. The van der Waals surface area contributed by atoms with Crippen LogP contribution in [0, 0.1) is 0 Å². The van der Waals surface area contributed by atoms with Crippen LogP contribution in [0.2, 0.25) is 25.7 Å². The number of hydrogen-bond donors (Lipinski definition) is 1. The summed E-state index contributed by atoms with van der Waals surface area (Å²) >= 11 is 0. The molecule has 0 saturated heterocycles. The molecule has 0 aromatic rings. The maximum absolute atomic E-state index is 11.7. The van der Waals surface area contributed by atoms with E-state index >= 15 is 0 Å². The normalized spacial score (nSPS) is 13.8. The predicted molar refractivity (Wildman–Crippen MR) is 102 cm³/mol. The van der Waals surface area contributed by atoms with Crippen LogP contribution in [0.15, 0.2) is 0 Å². The van der Waals surface area contributed by atoms with Gasteiger partial charge in [0.1, 0.15) is 0 Å². The Morgan fingerprint density at radius 1 is 1.08 bits per heavy atom. The standard InChI is InChI=1S/C16H37NO5Si2/c1-8-15(4)21-24(19-9-2,20-10-3)13-11-12-17-14-16(18)22-23(5,6)7/h15,17H,8-14H2,1-7H3. The number of carbonyl (C=O) groups is 1. The van der Waals surface area contributed by atoms with Crippen LogP contribution in [-0.2, 0) is 22.5 Å². The van der Waals surface area contributed by atoms with Gasteiger partial charge in [-0.2, -0.15) is 0 Å². The second-order valence-corrected chi connectivity index (χ2v) is 13.9. The van der Waals surface area contributed by atoms with E-state index in [1.807, 2.05) is 40.4 Å². The molecule has 144 valence electrons. The lowest BCUT2D eigenvalue weighted by atomic mass is 10.3. The van der Waals surface area contributed by atoms with Gasteiger partial charge in [0, 0.05) is 25.4 Å². The lowest BCUT2D eigenvalue weighted by Gasteiger charge is -2.31. The van der Waals surface area contributed by atoms with E-state index < -0.39 is 17.1 Å². The Kier molecular flexibility index (Phi) is 12.0. The minimum Gasteiger partial charge on any atom is -0.519 e. The van der Waals surface area contributed by atoms with Gasteiger partial charge < -0.3 is 23.0 Å². The van der Waals surface area contributed by atoms with E-state index in [-0.39, 0.29) is 18.6 Å². The monoisotopic (exact) mass is 379 g/mol. The molecule has 24 heavy (non-hydrogen) atoms. The lowest BCUT2D eigenvalue weighted by molar-refractivity contribution is -0.134. The highest BCUT2D eigenvalue weighted by Crippen LogP contribution is 2.20. The van der Waals surface area contributed by atoms with Crippen molar-refractivity contribution >= 4 is 23.1 Å². The third kappa shape index (κ3) is 11.3. The molecular formula is C16H37NO5Si2. The van der Waals surface area contributed by atoms with Crippen LogP contribution in [0.25, 0.3) is 0 Å². The van der Waals surface area contributed by atoms with Gasteiger partial charge in [0.25, 0.3) is 0 Å². The quantitative estimate of drug-likeness (QED) is 0.369. The van der Waals surface area contributed by atoms with Crippen molar-refractivity contribution < 1.29 is 22.5 Å². The van der Waals surface area contributed by atoms with E-state index in [0.29, 0.717) is 19.8 Å². The molecule has 0 heterocycles. The van der Waals surface area contributed by atoms with Gasteiger partial charge in [-0.25, -0.2) is 0 Å². The molecular weight excluding hydrogens is 342 g/mol. The molecule has 0 aromatic carbocycles. The van der Waals surface area contributed by atoms with Crippen LogP contribution >= 0.6 is 0 Å². The average molecular weight is 380 g/mol. The molecule has 0 spiro atoms. The third-order valence-corrected chi connectivity index (χ3v) is 7.23. The molecule has 0 aliphatic heterocycles. The molecule has 0 aliphatic carbocycles. The zero-order chi connectivity index (χ0) is 18.6. The summed E-state index contributed by atoms with van der Waals surface area (Å²) in [5.74, 6) is -0.178. The first kappa shape index (κ1) is 23.7. The predicted octanol–water partition coefficient (Wildman–Crippen LogP) is 3.17. The number of rotatable bonds is 14. The summed E-state index contributed by atoms with van der Waals surface area (Å²) in [5.41, 5.74) is 0. The topological polar surface area (TPSA) is 66.0 Å². The maximum Gasteiger partial charge on any atom is 0.501 e. The minimum absolute atomic E-state index is 0.120. The fourth-order valence-corrected chi connectivity index (χ4v) is 5.79. The van der Waals surface area contributed by atoms with E-state index in [2.05, 4.69) is 12.2 Å². The van der Waals surface area contributed by atoms with Crippen LogP contribution in [-0.4, -0.2) is 55.5 Å². The van der Waals surface area contributed by atoms with E-state index in [1.54, 1.807) is 0 Å². The van der Waals surface area contributed by atoms with Crippen LogP contribution in [0.5, 0.6) is 0 Å². The number of carbonyl (C=O) groups excluding carboxylic acids is 1. The van der Waals surface area contributed by atoms with Gasteiger partial charge in [0.15, 0.2) is 0 Å². The Bertz CT molecular complexity index is 344. The van der Waals surface area contributed by atoms with Crippen LogP contribution in [0.3, 0.4) is 0 Å². The molecule has 1 atom stereocenters. The first-order chi connectivity index (χ1) is 11.2. The Balaban J connectivity index is 4.33. The SMILES string of the molecule is CCO[Si](CCCNCC(=O)O[Si](C)(C)C)(OCC)OC(C)CC. The van der Waals surface area contributed by atoms with Crippen LogP contribution in [0.1, 0.15) is 40.5 Å². The van der Waals surface area contributed by atoms with Gasteiger partial charge in [-0.05, 0) is 59.8 Å². The second kappa shape index (κ2) is 12.2. The Morgan fingerprint density at radius 3 is 2.12 bits per heavy atom. The van der Waals surface area contributed by atoms with Gasteiger partial charge in [-0.3, -0.25) is 4.79 Å². The van der Waals surface area contributed by atoms with E-state index in [1.165, 1.54) is 0 Å². The smallest absolute Gasteiger partial charge is 0.501 e. The molecule has 6 nitrogen and oxygen atoms in total. The average Bonchev–Trinajstić information content (AvgIpc) is 2.45. The molecule has 1 N–H and O–H groups in total. The van der Waals surface area contributed by atoms with E-state index in [9.17, 15) is 4.79 Å². The first-order valence-corrected chi connectivity index (χ1v) is 14.4. The highest BCUT2D eigenvalue weighted by Gasteiger charge is 2.41. The summed E-state index contributed by atoms with van der Waals surface area (Å²) in [6, 6.07) is 0.745. The maximum atomic E-state index is 11.7. The Morgan fingerprint density at radius 2 is 1.67 bits per heavy atom. The first-order valence-electron chi connectivity index (χ1n) is 9.06. The van der Waals surface area contributed by atoms with Gasteiger partial charge in [0.05, 0.1) is 6.54 Å². The highest BCUT2D eigenvalue weighted by atomic mass is 28.4. The summed E-state index contributed by atoms with van der Waals surface area (Å²) in [4.78, 5) is 11.7. The summed E-state index contributed by atoms with van der Waals surface area (Å²) in [7, 11) is -4.45. The third-order valence-electron chi connectivity index (χ3n) is 3.21. The zero-order valence-electron chi connectivity index (χ0n) is 16.6. The van der Waals surface area contributed by atoms with Crippen molar-refractivity contribution in [2.45, 2.75) is 72.3 Å². The van der Waals surface area contributed by atoms with Crippen molar-refractivity contribution in [2.24, 2.45) is 0 Å². The van der Waals surface area contributed by atoms with Gasteiger partial charge >= 0.3 is 14.8 Å². The van der Waals surface area contributed by atoms with Crippen LogP contribution in [0.4, 0.5) is 0 Å². The fourth-order valence-electron chi connectivity index (χ4n) is 2.14. The summed E-state index contributed by atoms with van der Waals surface area (Å²) < 4.78 is 23.4.